The van der Waals surface area contributed by atoms with Gasteiger partial charge in [-0.25, -0.2) is 0 Å². The van der Waals surface area contributed by atoms with E-state index in [1.807, 2.05) is 12.2 Å². The molecular formula is C30H32O2Zr. The third-order valence-electron chi connectivity index (χ3n) is 6.26. The summed E-state index contributed by atoms with van der Waals surface area (Å²) in [6.45, 7) is 12.2. The summed E-state index contributed by atoms with van der Waals surface area (Å²) in [5.74, 6) is 1.91. The Labute approximate surface area is 204 Å². The molecule has 0 unspecified atom stereocenters. The Morgan fingerprint density at radius 3 is 1.45 bits per heavy atom. The van der Waals surface area contributed by atoms with Gasteiger partial charge in [-0.05, 0) is 0 Å². The second kappa shape index (κ2) is 10.5. The maximum absolute atomic E-state index is 7.29. The van der Waals surface area contributed by atoms with E-state index < -0.39 is 21.1 Å². The van der Waals surface area contributed by atoms with Gasteiger partial charge in [0.2, 0.25) is 0 Å². The van der Waals surface area contributed by atoms with Gasteiger partial charge >= 0.3 is 205 Å². The third-order valence-corrected chi connectivity index (χ3v) is 15.3. The molecule has 0 bridgehead atoms. The van der Waals surface area contributed by atoms with E-state index in [9.17, 15) is 0 Å². The number of rotatable bonds is 10. The molecule has 0 N–H and O–H groups in total. The number of allylic oxidation sites excluding steroid dienone is 10. The molecule has 0 amide bonds. The van der Waals surface area contributed by atoms with Crippen LogP contribution in [0.2, 0.25) is 7.25 Å². The normalized spacial score (nSPS) is 15.3. The van der Waals surface area contributed by atoms with Gasteiger partial charge in [-0.2, -0.15) is 0 Å². The number of para-hydroxylation sites is 2. The molecule has 2 aromatic rings. The first-order chi connectivity index (χ1) is 16.1. The van der Waals surface area contributed by atoms with Gasteiger partial charge in [0.25, 0.3) is 0 Å². The molecule has 0 atom stereocenters. The summed E-state index contributed by atoms with van der Waals surface area (Å²) < 4.78 is 14.9. The summed E-state index contributed by atoms with van der Waals surface area (Å²) in [7, 11) is 0. The van der Waals surface area contributed by atoms with Crippen LogP contribution in [0.15, 0.2) is 110 Å². The first kappa shape index (κ1) is 23.5. The van der Waals surface area contributed by atoms with Crippen LogP contribution in [-0.2, 0) is 34.0 Å². The minimum absolute atomic E-state index is 0.143. The summed E-state index contributed by atoms with van der Waals surface area (Å²) in [6.07, 6.45) is 22.9. The van der Waals surface area contributed by atoms with Crippen molar-refractivity contribution in [2.75, 3.05) is 0 Å². The zero-order valence-corrected chi connectivity index (χ0v) is 22.0. The molecule has 168 valence electrons. The van der Waals surface area contributed by atoms with Crippen LogP contribution in [0.25, 0.3) is 0 Å². The molecule has 0 heterocycles. The van der Waals surface area contributed by atoms with E-state index in [2.05, 4.69) is 112 Å². The Hall–Kier alpha value is -2.64. The Bertz CT molecular complexity index is 1040. The SMILES string of the molecule is C=CCc1cccc(C)c1[O][Zr]([O]c1c(C)cccc1CC=C)([CH]1C=CC=C1)[CH]1C=CC=C1. The van der Waals surface area contributed by atoms with Crippen LogP contribution in [0, 0.1) is 13.8 Å². The molecule has 2 aliphatic carbocycles. The van der Waals surface area contributed by atoms with Crippen LogP contribution in [-0.4, -0.2) is 0 Å². The molecule has 2 aliphatic rings. The molecule has 3 heteroatoms. The minimum atomic E-state index is -4.05. The molecule has 0 saturated heterocycles. The first-order valence-electron chi connectivity index (χ1n) is 11.6. The summed E-state index contributed by atoms with van der Waals surface area (Å²) in [6, 6.07) is 12.7. The summed E-state index contributed by atoms with van der Waals surface area (Å²) in [4.78, 5) is 0. The third kappa shape index (κ3) is 4.84. The van der Waals surface area contributed by atoms with Crippen molar-refractivity contribution in [2.24, 2.45) is 0 Å². The molecule has 0 radical (unpaired) electrons. The maximum atomic E-state index is 7.29. The van der Waals surface area contributed by atoms with Gasteiger partial charge in [-0.3, -0.25) is 0 Å². The van der Waals surface area contributed by atoms with Crippen molar-refractivity contribution in [1.82, 2.24) is 0 Å². The standard InChI is InChI=1S/2C10H12O.2C5H5.Zr/c2*1-3-5-9-7-4-6-8(2)10(9)11;2*1-2-4-5-3-1;/h2*3-4,6-7,11H,1,5H2,2H3;2*1-5H;/q;;;;+2/p-2. The van der Waals surface area contributed by atoms with Crippen molar-refractivity contribution >= 4 is 0 Å². The van der Waals surface area contributed by atoms with Crippen molar-refractivity contribution < 1.29 is 26.8 Å². The van der Waals surface area contributed by atoms with Gasteiger partial charge in [-0.15, -0.1) is 0 Å². The molecular weight excluding hydrogens is 484 g/mol. The van der Waals surface area contributed by atoms with Gasteiger partial charge in [0.15, 0.2) is 0 Å². The van der Waals surface area contributed by atoms with E-state index in [1.165, 1.54) is 0 Å². The van der Waals surface area contributed by atoms with Crippen molar-refractivity contribution in [3.63, 3.8) is 0 Å². The molecule has 0 fully saturated rings. The van der Waals surface area contributed by atoms with Crippen molar-refractivity contribution in [2.45, 2.75) is 33.9 Å². The quantitative estimate of drug-likeness (QED) is 0.298. The Morgan fingerprint density at radius 2 is 1.09 bits per heavy atom. The summed E-state index contributed by atoms with van der Waals surface area (Å²) >= 11 is -4.05. The fourth-order valence-corrected chi connectivity index (χ4v) is 13.9. The molecule has 0 aliphatic heterocycles. The molecule has 4 rings (SSSR count). The zero-order chi connectivity index (χ0) is 23.3. The van der Waals surface area contributed by atoms with Crippen molar-refractivity contribution in [3.05, 3.63) is 133 Å². The number of aryl methyl sites for hydroxylation is 2. The van der Waals surface area contributed by atoms with Crippen molar-refractivity contribution in [3.8, 4) is 11.5 Å². The van der Waals surface area contributed by atoms with Crippen LogP contribution in [0.3, 0.4) is 0 Å². The monoisotopic (exact) mass is 514 g/mol. The first-order valence-corrected chi connectivity index (χ1v) is 16.4. The number of benzene rings is 2. The van der Waals surface area contributed by atoms with E-state index in [0.29, 0.717) is 0 Å². The molecule has 0 saturated carbocycles. The second-order valence-corrected chi connectivity index (χ2v) is 16.5. The fourth-order valence-electron chi connectivity index (χ4n) is 4.59. The van der Waals surface area contributed by atoms with Crippen LogP contribution < -0.4 is 5.63 Å². The van der Waals surface area contributed by atoms with E-state index in [1.54, 1.807) is 0 Å². The molecule has 2 nitrogen and oxygen atoms in total. The average Bonchev–Trinajstić information content (AvgIpc) is 3.53. The van der Waals surface area contributed by atoms with Gasteiger partial charge in [0.05, 0.1) is 0 Å². The van der Waals surface area contributed by atoms with Crippen LogP contribution >= 0.6 is 0 Å². The summed E-state index contributed by atoms with van der Waals surface area (Å²) in [5.41, 5.74) is 4.57. The number of hydrogen-bond donors (Lipinski definition) is 0. The van der Waals surface area contributed by atoms with Crippen LogP contribution in [0.4, 0.5) is 0 Å². The van der Waals surface area contributed by atoms with Gasteiger partial charge < -0.3 is 0 Å². The topological polar surface area (TPSA) is 18.5 Å². The Balaban J connectivity index is 1.90. The van der Waals surface area contributed by atoms with Gasteiger partial charge in [0.1, 0.15) is 0 Å². The van der Waals surface area contributed by atoms with Crippen LogP contribution in [0.5, 0.6) is 11.5 Å². The van der Waals surface area contributed by atoms with Crippen LogP contribution in [0.1, 0.15) is 22.3 Å². The molecule has 0 aromatic heterocycles. The van der Waals surface area contributed by atoms with E-state index in [-0.39, 0.29) is 7.25 Å². The van der Waals surface area contributed by atoms with E-state index >= 15 is 0 Å². The average molecular weight is 516 g/mol. The molecule has 33 heavy (non-hydrogen) atoms. The second-order valence-electron chi connectivity index (χ2n) is 8.63. The van der Waals surface area contributed by atoms with E-state index in [4.69, 9.17) is 5.63 Å². The molecule has 2 aromatic carbocycles. The fraction of sp³-hybridized carbons (Fsp3) is 0.200. The Morgan fingerprint density at radius 1 is 0.697 bits per heavy atom. The zero-order valence-electron chi connectivity index (χ0n) is 19.5. The molecule has 0 spiro atoms. The van der Waals surface area contributed by atoms with Crippen molar-refractivity contribution in [1.29, 1.82) is 0 Å². The Kier molecular flexibility index (Phi) is 7.50. The van der Waals surface area contributed by atoms with E-state index in [0.717, 1.165) is 46.6 Å². The van der Waals surface area contributed by atoms with Gasteiger partial charge in [0, 0.05) is 0 Å². The predicted octanol–water partition coefficient (Wildman–Crippen LogP) is 8.03. The van der Waals surface area contributed by atoms with Gasteiger partial charge in [-0.1, -0.05) is 0 Å². The number of hydrogen-bond acceptors (Lipinski definition) is 2. The summed E-state index contributed by atoms with van der Waals surface area (Å²) in [5, 5.41) is 0. The predicted molar refractivity (Wildman–Crippen MR) is 135 cm³/mol.